The van der Waals surface area contributed by atoms with E-state index in [1.165, 1.54) is 11.1 Å². The first-order valence-corrected chi connectivity index (χ1v) is 6.52. The molecule has 0 aromatic heterocycles. The molecule has 0 spiro atoms. The van der Waals surface area contributed by atoms with Crippen LogP contribution in [0.15, 0.2) is 18.2 Å². The normalized spacial score (nSPS) is 13.5. The van der Waals surface area contributed by atoms with Gasteiger partial charge in [0.25, 0.3) is 5.91 Å². The monoisotopic (exact) mass is 245 g/mol. The van der Waals surface area contributed by atoms with E-state index in [1.54, 1.807) is 6.07 Å². The third-order valence-corrected chi connectivity index (χ3v) is 3.24. The van der Waals surface area contributed by atoms with Crippen molar-refractivity contribution in [3.8, 4) is 0 Å². The van der Waals surface area contributed by atoms with E-state index in [4.69, 9.17) is 0 Å². The number of hydrogen-bond acceptors (Lipinski definition) is 2. The van der Waals surface area contributed by atoms with Crippen LogP contribution in [0.5, 0.6) is 0 Å². The number of nitrogens with one attached hydrogen (secondary N) is 1. The zero-order valence-electron chi connectivity index (χ0n) is 11.0. The number of ketones is 1. The predicted octanol–water partition coefficient (Wildman–Crippen LogP) is 2.13. The minimum absolute atomic E-state index is 0.349. The zero-order valence-corrected chi connectivity index (χ0v) is 11.0. The van der Waals surface area contributed by atoms with Gasteiger partial charge < -0.3 is 5.32 Å². The molecule has 1 amide bonds. The van der Waals surface area contributed by atoms with Crippen molar-refractivity contribution in [2.75, 3.05) is 6.54 Å². The number of aryl methyl sites for hydroxylation is 2. The van der Waals surface area contributed by atoms with Crippen LogP contribution in [0.1, 0.15) is 41.8 Å². The highest BCUT2D eigenvalue weighted by atomic mass is 16.2. The Balaban J connectivity index is 2.07. The molecule has 0 saturated carbocycles. The maximum atomic E-state index is 11.9. The van der Waals surface area contributed by atoms with E-state index < -0.39 is 11.7 Å². The van der Waals surface area contributed by atoms with Crippen LogP contribution >= 0.6 is 0 Å². The molecule has 0 atom stereocenters. The molecule has 0 heterocycles. The van der Waals surface area contributed by atoms with Gasteiger partial charge in [0.2, 0.25) is 5.78 Å². The molecule has 3 heteroatoms. The molecule has 18 heavy (non-hydrogen) atoms. The molecule has 1 N–H and O–H groups in total. The first-order valence-electron chi connectivity index (χ1n) is 6.52. The maximum absolute atomic E-state index is 11.9. The maximum Gasteiger partial charge on any atom is 0.292 e. The molecule has 1 aliphatic carbocycles. The molecule has 1 aromatic carbocycles. The molecule has 0 aliphatic heterocycles. The fraction of sp³-hybridized carbons (Fsp3) is 0.467. The van der Waals surface area contributed by atoms with Crippen molar-refractivity contribution in [3.63, 3.8) is 0 Å². The molecule has 3 nitrogen and oxygen atoms in total. The van der Waals surface area contributed by atoms with E-state index in [0.717, 1.165) is 19.3 Å². The van der Waals surface area contributed by atoms with Crippen molar-refractivity contribution in [1.29, 1.82) is 0 Å². The average molecular weight is 245 g/mol. The van der Waals surface area contributed by atoms with Crippen LogP contribution in [0.25, 0.3) is 0 Å². The number of rotatable bonds is 4. The number of carbonyl (C=O) groups excluding carboxylic acids is 2. The van der Waals surface area contributed by atoms with Crippen LogP contribution in [-0.4, -0.2) is 18.2 Å². The summed E-state index contributed by atoms with van der Waals surface area (Å²) in [6, 6.07) is 5.62. The Labute approximate surface area is 108 Å². The zero-order chi connectivity index (χ0) is 13.1. The van der Waals surface area contributed by atoms with E-state index >= 15 is 0 Å². The lowest BCUT2D eigenvalue weighted by Crippen LogP contribution is -2.33. The Morgan fingerprint density at radius 2 is 1.94 bits per heavy atom. The topological polar surface area (TPSA) is 46.2 Å². The van der Waals surface area contributed by atoms with Gasteiger partial charge in [-0.25, -0.2) is 0 Å². The molecular formula is C15H19NO2. The lowest BCUT2D eigenvalue weighted by molar-refractivity contribution is -0.117. The van der Waals surface area contributed by atoms with Crippen LogP contribution in [0.3, 0.4) is 0 Å². The van der Waals surface area contributed by atoms with Gasteiger partial charge in [-0.3, -0.25) is 9.59 Å². The van der Waals surface area contributed by atoms with Gasteiger partial charge in [0, 0.05) is 12.1 Å². The van der Waals surface area contributed by atoms with Gasteiger partial charge in [-0.15, -0.1) is 0 Å². The molecule has 1 aromatic rings. The number of carbonyl (C=O) groups is 2. The predicted molar refractivity (Wildman–Crippen MR) is 70.6 cm³/mol. The fourth-order valence-corrected chi connectivity index (χ4v) is 2.22. The summed E-state index contributed by atoms with van der Waals surface area (Å²) in [5, 5.41) is 2.66. The van der Waals surface area contributed by atoms with E-state index in [9.17, 15) is 9.59 Å². The Morgan fingerprint density at radius 1 is 1.22 bits per heavy atom. The molecule has 0 unspecified atom stereocenters. The van der Waals surface area contributed by atoms with Gasteiger partial charge in [-0.05, 0) is 42.4 Å². The lowest BCUT2D eigenvalue weighted by atomic mass is 10.0. The minimum atomic E-state index is -0.498. The van der Waals surface area contributed by atoms with Crippen molar-refractivity contribution in [2.45, 2.75) is 33.1 Å². The second kappa shape index (κ2) is 5.34. The van der Waals surface area contributed by atoms with Gasteiger partial charge >= 0.3 is 0 Å². The summed E-state index contributed by atoms with van der Waals surface area (Å²) in [5.41, 5.74) is 3.04. The molecule has 0 bridgehead atoms. The van der Waals surface area contributed by atoms with E-state index in [0.29, 0.717) is 18.0 Å². The molecule has 2 rings (SSSR count). The first kappa shape index (κ1) is 12.8. The molecule has 0 saturated heterocycles. The highest BCUT2D eigenvalue weighted by Crippen LogP contribution is 2.22. The van der Waals surface area contributed by atoms with Crippen molar-refractivity contribution < 1.29 is 9.59 Å². The largest absolute Gasteiger partial charge is 0.349 e. The van der Waals surface area contributed by atoms with Crippen LogP contribution in [-0.2, 0) is 17.6 Å². The van der Waals surface area contributed by atoms with Gasteiger partial charge in [0.05, 0.1) is 0 Å². The SMILES string of the molecule is CC(C)CNC(=O)C(=O)c1ccc2c(c1)CCC2. The number of amides is 1. The number of fused-ring (bicyclic) bond motifs is 1. The van der Waals surface area contributed by atoms with Gasteiger partial charge in [0.15, 0.2) is 0 Å². The smallest absolute Gasteiger partial charge is 0.292 e. The van der Waals surface area contributed by atoms with Crippen LogP contribution in [0, 0.1) is 5.92 Å². The Bertz CT molecular complexity index is 477. The van der Waals surface area contributed by atoms with Gasteiger partial charge in [0.1, 0.15) is 0 Å². The third kappa shape index (κ3) is 2.78. The standard InChI is InChI=1S/C15H19NO2/c1-10(2)9-16-15(18)14(17)13-7-6-11-4-3-5-12(11)8-13/h6-8,10H,3-5,9H2,1-2H3,(H,16,18). The summed E-state index contributed by atoms with van der Waals surface area (Å²) in [5.74, 6) is -0.575. The summed E-state index contributed by atoms with van der Waals surface area (Å²) in [4.78, 5) is 23.6. The molecule has 96 valence electrons. The quantitative estimate of drug-likeness (QED) is 0.652. The summed E-state index contributed by atoms with van der Waals surface area (Å²) in [6.45, 7) is 4.54. The number of Topliss-reactive ketones (excluding diaryl/α,β-unsaturated/α-hetero) is 1. The molecule has 1 aliphatic rings. The second-order valence-corrected chi connectivity index (χ2v) is 5.27. The van der Waals surface area contributed by atoms with Crippen molar-refractivity contribution in [2.24, 2.45) is 5.92 Å². The van der Waals surface area contributed by atoms with Crippen molar-refractivity contribution >= 4 is 11.7 Å². The van der Waals surface area contributed by atoms with Gasteiger partial charge in [-0.2, -0.15) is 0 Å². The van der Waals surface area contributed by atoms with Gasteiger partial charge in [-0.1, -0.05) is 26.0 Å². The summed E-state index contributed by atoms with van der Waals surface area (Å²) in [6.07, 6.45) is 3.25. The third-order valence-electron chi connectivity index (χ3n) is 3.24. The Morgan fingerprint density at radius 3 is 2.67 bits per heavy atom. The fourth-order valence-electron chi connectivity index (χ4n) is 2.22. The second-order valence-electron chi connectivity index (χ2n) is 5.27. The van der Waals surface area contributed by atoms with E-state index in [2.05, 4.69) is 5.32 Å². The summed E-state index contributed by atoms with van der Waals surface area (Å²) >= 11 is 0. The first-order chi connectivity index (χ1) is 8.58. The van der Waals surface area contributed by atoms with Crippen LogP contribution < -0.4 is 5.32 Å². The highest BCUT2D eigenvalue weighted by molar-refractivity contribution is 6.42. The molecule has 0 radical (unpaired) electrons. The van der Waals surface area contributed by atoms with Crippen LogP contribution in [0.4, 0.5) is 0 Å². The average Bonchev–Trinajstić information content (AvgIpc) is 2.81. The number of hydrogen-bond donors (Lipinski definition) is 1. The highest BCUT2D eigenvalue weighted by Gasteiger charge is 2.19. The summed E-state index contributed by atoms with van der Waals surface area (Å²) in [7, 11) is 0. The van der Waals surface area contributed by atoms with Crippen molar-refractivity contribution in [1.82, 2.24) is 5.32 Å². The molecule has 0 fully saturated rings. The lowest BCUT2D eigenvalue weighted by Gasteiger charge is -2.07. The summed E-state index contributed by atoms with van der Waals surface area (Å²) < 4.78 is 0. The minimum Gasteiger partial charge on any atom is -0.349 e. The number of benzene rings is 1. The Kier molecular flexibility index (Phi) is 3.80. The van der Waals surface area contributed by atoms with E-state index in [-0.39, 0.29) is 0 Å². The molecular weight excluding hydrogens is 226 g/mol. The van der Waals surface area contributed by atoms with E-state index in [1.807, 2.05) is 26.0 Å². The Hall–Kier alpha value is -1.64. The van der Waals surface area contributed by atoms with Crippen LogP contribution in [0.2, 0.25) is 0 Å². The van der Waals surface area contributed by atoms with Crippen molar-refractivity contribution in [3.05, 3.63) is 34.9 Å².